The molecule has 0 bridgehead atoms. The van der Waals surface area contributed by atoms with E-state index >= 15 is 0 Å². The summed E-state index contributed by atoms with van der Waals surface area (Å²) in [5.41, 5.74) is -0.316. The molecule has 0 saturated carbocycles. The van der Waals surface area contributed by atoms with Gasteiger partial charge < -0.3 is 10.0 Å². The molecule has 1 N–H and O–H groups in total. The molecule has 0 saturated heterocycles. The summed E-state index contributed by atoms with van der Waals surface area (Å²) in [6, 6.07) is 3.12. The van der Waals surface area contributed by atoms with Crippen LogP contribution >= 0.6 is 0 Å². The van der Waals surface area contributed by atoms with Gasteiger partial charge in [-0.25, -0.2) is 4.98 Å². The van der Waals surface area contributed by atoms with E-state index in [2.05, 4.69) is 4.98 Å². The lowest BCUT2D eigenvalue weighted by molar-refractivity contribution is -0.384. The van der Waals surface area contributed by atoms with Crippen molar-refractivity contribution in [2.45, 2.75) is 19.8 Å². The van der Waals surface area contributed by atoms with Gasteiger partial charge in [0.15, 0.2) is 0 Å². The van der Waals surface area contributed by atoms with E-state index in [4.69, 9.17) is 10.4 Å². The second-order valence-corrected chi connectivity index (χ2v) is 3.96. The molecule has 1 aromatic heterocycles. The first-order chi connectivity index (χ1) is 9.15. The Hall–Kier alpha value is -2.20. The van der Waals surface area contributed by atoms with Crippen molar-refractivity contribution in [2.24, 2.45) is 0 Å². The number of aliphatic hydroxyl groups is 1. The number of anilines is 1. The zero-order chi connectivity index (χ0) is 14.3. The van der Waals surface area contributed by atoms with Crippen molar-refractivity contribution in [3.63, 3.8) is 0 Å². The summed E-state index contributed by atoms with van der Waals surface area (Å²) in [5, 5.41) is 29.1. The minimum absolute atomic E-state index is 0.0190. The molecule has 19 heavy (non-hydrogen) atoms. The Bertz CT molecular complexity index is 484. The number of hydrogen-bond acceptors (Lipinski definition) is 6. The molecule has 0 aliphatic rings. The van der Waals surface area contributed by atoms with E-state index in [1.54, 1.807) is 11.0 Å². The Morgan fingerprint density at radius 2 is 2.32 bits per heavy atom. The van der Waals surface area contributed by atoms with E-state index in [1.807, 2.05) is 6.92 Å². The van der Waals surface area contributed by atoms with Crippen molar-refractivity contribution in [3.05, 3.63) is 27.9 Å². The molecule has 102 valence electrons. The van der Waals surface area contributed by atoms with Gasteiger partial charge in [-0.2, -0.15) is 5.26 Å². The lowest BCUT2D eigenvalue weighted by atomic mass is 10.2. The predicted molar refractivity (Wildman–Crippen MR) is 69.8 cm³/mol. The van der Waals surface area contributed by atoms with E-state index < -0.39 is 4.92 Å². The highest BCUT2D eigenvalue weighted by molar-refractivity contribution is 5.65. The molecule has 1 aromatic rings. The molecule has 0 atom stereocenters. The molecule has 0 aromatic carbocycles. The zero-order valence-corrected chi connectivity index (χ0v) is 10.7. The van der Waals surface area contributed by atoms with Gasteiger partial charge in [0.2, 0.25) is 5.82 Å². The summed E-state index contributed by atoms with van der Waals surface area (Å²) < 4.78 is 0. The number of unbranched alkanes of at least 4 members (excludes halogenated alkanes) is 1. The number of hydrogen-bond donors (Lipinski definition) is 1. The Morgan fingerprint density at radius 3 is 2.84 bits per heavy atom. The SMILES string of the molecule is CCCCN(CCO)c1nccc(C#N)c1[N+](=O)[O-]. The smallest absolute Gasteiger partial charge is 0.329 e. The Balaban J connectivity index is 3.21. The summed E-state index contributed by atoms with van der Waals surface area (Å²) in [6.45, 7) is 2.69. The number of aromatic nitrogens is 1. The normalized spacial score (nSPS) is 9.95. The van der Waals surface area contributed by atoms with Crippen molar-refractivity contribution in [1.29, 1.82) is 5.26 Å². The van der Waals surface area contributed by atoms with Gasteiger partial charge in [-0.1, -0.05) is 13.3 Å². The van der Waals surface area contributed by atoms with Crippen LogP contribution in [-0.4, -0.2) is 34.7 Å². The van der Waals surface area contributed by atoms with Gasteiger partial charge in [0, 0.05) is 19.3 Å². The number of rotatable bonds is 7. The molecule has 0 aliphatic heterocycles. The van der Waals surface area contributed by atoms with Gasteiger partial charge in [0.05, 0.1) is 11.5 Å². The van der Waals surface area contributed by atoms with Crippen LogP contribution in [0.1, 0.15) is 25.3 Å². The fourth-order valence-electron chi connectivity index (χ4n) is 1.74. The van der Waals surface area contributed by atoms with Crippen molar-refractivity contribution < 1.29 is 10.0 Å². The number of aliphatic hydroxyl groups excluding tert-OH is 1. The summed E-state index contributed by atoms with van der Waals surface area (Å²) in [6.07, 6.45) is 3.13. The predicted octanol–water partition coefficient (Wildman–Crippen LogP) is 1.46. The molecule has 0 radical (unpaired) electrons. The van der Waals surface area contributed by atoms with E-state index in [0.29, 0.717) is 6.54 Å². The zero-order valence-electron chi connectivity index (χ0n) is 10.7. The van der Waals surface area contributed by atoms with Crippen LogP contribution in [0.25, 0.3) is 0 Å². The fourth-order valence-corrected chi connectivity index (χ4v) is 1.74. The third-order valence-electron chi connectivity index (χ3n) is 2.66. The van der Waals surface area contributed by atoms with Crippen LogP contribution in [-0.2, 0) is 0 Å². The fraction of sp³-hybridized carbons (Fsp3) is 0.500. The average molecular weight is 264 g/mol. The molecule has 1 heterocycles. The molecule has 7 nitrogen and oxygen atoms in total. The minimum Gasteiger partial charge on any atom is -0.395 e. The number of nitriles is 1. The molecule has 1 rings (SSSR count). The van der Waals surface area contributed by atoms with Crippen LogP contribution in [0.3, 0.4) is 0 Å². The minimum atomic E-state index is -0.600. The molecule has 0 unspecified atom stereocenters. The van der Waals surface area contributed by atoms with Crippen LogP contribution in [0, 0.1) is 21.4 Å². The van der Waals surface area contributed by atoms with Crippen molar-refractivity contribution in [1.82, 2.24) is 4.98 Å². The Kier molecular flexibility index (Phi) is 5.70. The maximum atomic E-state index is 11.1. The van der Waals surface area contributed by atoms with Crippen molar-refractivity contribution >= 4 is 11.5 Å². The highest BCUT2D eigenvalue weighted by Gasteiger charge is 2.25. The maximum Gasteiger partial charge on any atom is 0.329 e. The highest BCUT2D eigenvalue weighted by Crippen LogP contribution is 2.29. The lowest BCUT2D eigenvalue weighted by Gasteiger charge is -2.22. The first kappa shape index (κ1) is 14.9. The maximum absolute atomic E-state index is 11.1. The number of nitro groups is 1. The molecule has 7 heteroatoms. The van der Waals surface area contributed by atoms with E-state index in [9.17, 15) is 10.1 Å². The molecule has 0 aliphatic carbocycles. The largest absolute Gasteiger partial charge is 0.395 e. The Morgan fingerprint density at radius 1 is 1.58 bits per heavy atom. The second kappa shape index (κ2) is 7.28. The van der Waals surface area contributed by atoms with E-state index in [0.717, 1.165) is 12.8 Å². The highest BCUT2D eigenvalue weighted by atomic mass is 16.6. The van der Waals surface area contributed by atoms with Crippen molar-refractivity contribution in [3.8, 4) is 6.07 Å². The first-order valence-electron chi connectivity index (χ1n) is 6.05. The van der Waals surface area contributed by atoms with Crippen LogP contribution in [0.4, 0.5) is 11.5 Å². The molecule has 0 amide bonds. The van der Waals surface area contributed by atoms with Gasteiger partial charge in [-0.05, 0) is 12.5 Å². The summed E-state index contributed by atoms with van der Waals surface area (Å²) >= 11 is 0. The van der Waals surface area contributed by atoms with Gasteiger partial charge in [0.25, 0.3) is 0 Å². The molecule has 0 spiro atoms. The first-order valence-corrected chi connectivity index (χ1v) is 6.05. The summed E-state index contributed by atoms with van der Waals surface area (Å²) in [7, 11) is 0. The standard InChI is InChI=1S/C12H16N4O3/c1-2-3-6-15(7-8-17)12-11(16(18)19)10(9-13)4-5-14-12/h4-5,17H,2-3,6-8H2,1H3. The summed E-state index contributed by atoms with van der Waals surface area (Å²) in [4.78, 5) is 16.2. The summed E-state index contributed by atoms with van der Waals surface area (Å²) in [5.74, 6) is 0.145. The van der Waals surface area contributed by atoms with Crippen LogP contribution in [0.2, 0.25) is 0 Å². The van der Waals surface area contributed by atoms with E-state index in [1.165, 1.54) is 12.3 Å². The van der Waals surface area contributed by atoms with Crippen LogP contribution < -0.4 is 4.90 Å². The van der Waals surface area contributed by atoms with Gasteiger partial charge >= 0.3 is 5.69 Å². The quantitative estimate of drug-likeness (QED) is 0.590. The number of pyridine rings is 1. The Labute approximate surface area is 111 Å². The topological polar surface area (TPSA) is 103 Å². The van der Waals surface area contributed by atoms with Crippen molar-refractivity contribution in [2.75, 3.05) is 24.6 Å². The molecular weight excluding hydrogens is 248 g/mol. The van der Waals surface area contributed by atoms with E-state index in [-0.39, 0.29) is 30.2 Å². The molecule has 0 fully saturated rings. The monoisotopic (exact) mass is 264 g/mol. The van der Waals surface area contributed by atoms with Gasteiger partial charge in [-0.15, -0.1) is 0 Å². The average Bonchev–Trinajstić information content (AvgIpc) is 2.42. The molecular formula is C12H16N4O3. The van der Waals surface area contributed by atoms with Crippen LogP contribution in [0.15, 0.2) is 12.3 Å². The second-order valence-electron chi connectivity index (χ2n) is 3.96. The number of nitrogens with zero attached hydrogens (tertiary/aromatic N) is 4. The lowest BCUT2D eigenvalue weighted by Crippen LogP contribution is -2.29. The van der Waals surface area contributed by atoms with Crippen LogP contribution in [0.5, 0.6) is 0 Å². The third kappa shape index (κ3) is 3.63. The third-order valence-corrected chi connectivity index (χ3v) is 2.66. The van der Waals surface area contributed by atoms with Gasteiger partial charge in [0.1, 0.15) is 11.6 Å². The van der Waals surface area contributed by atoms with Gasteiger partial charge in [-0.3, -0.25) is 10.1 Å².